The van der Waals surface area contributed by atoms with Gasteiger partial charge >= 0.3 is 29.6 Å². The van der Waals surface area contributed by atoms with Crippen LogP contribution in [0.2, 0.25) is 0 Å². The molecule has 2 aromatic rings. The first-order chi connectivity index (χ1) is 10.0. The van der Waals surface area contributed by atoms with Crippen LogP contribution in [-0.4, -0.2) is 16.4 Å². The molecule has 1 aliphatic rings. The van der Waals surface area contributed by atoms with Gasteiger partial charge in [0.05, 0.1) is 5.92 Å². The Balaban J connectivity index is 0.00000176. The van der Waals surface area contributed by atoms with Crippen LogP contribution in [0.1, 0.15) is 29.2 Å². The van der Waals surface area contributed by atoms with Crippen molar-refractivity contribution >= 4 is 11.7 Å². The zero-order valence-corrected chi connectivity index (χ0v) is 14.8. The molecule has 1 aromatic carbocycles. The van der Waals surface area contributed by atoms with E-state index in [4.69, 9.17) is 0 Å². The smallest absolute Gasteiger partial charge is 0.590 e. The summed E-state index contributed by atoms with van der Waals surface area (Å²) in [6, 6.07) is 9.31. The molecular formula is C15H15N4NaO2. The molecule has 22 heavy (non-hydrogen) atoms. The predicted octanol–water partition coefficient (Wildman–Crippen LogP) is -2.11. The van der Waals surface area contributed by atoms with Crippen LogP contribution in [0.4, 0.5) is 0 Å². The molecular weight excluding hydrogens is 291 g/mol. The summed E-state index contributed by atoms with van der Waals surface area (Å²) in [5.74, 6) is 0.0172. The van der Waals surface area contributed by atoms with Crippen molar-refractivity contribution in [1.82, 2.24) is 15.2 Å². The van der Waals surface area contributed by atoms with E-state index in [0.29, 0.717) is 11.5 Å². The molecule has 0 spiro atoms. The number of carbonyl (C=O) groups excluding carboxylic acids is 1. The Kier molecular flexibility index (Phi) is 5.05. The normalized spacial score (nSPS) is 17.5. The third-order valence-electron chi connectivity index (χ3n) is 3.49. The van der Waals surface area contributed by atoms with E-state index in [0.717, 1.165) is 11.1 Å². The van der Waals surface area contributed by atoms with E-state index in [9.17, 15) is 9.59 Å². The third kappa shape index (κ3) is 3.24. The van der Waals surface area contributed by atoms with E-state index in [1.54, 1.807) is 6.92 Å². The minimum Gasteiger partial charge on any atom is -0.590 e. The predicted molar refractivity (Wildman–Crippen MR) is 78.3 cm³/mol. The third-order valence-corrected chi connectivity index (χ3v) is 3.49. The number of benzene rings is 1. The Morgan fingerprint density at radius 1 is 1.23 bits per heavy atom. The number of nitrogens with one attached hydrogen (secondary N) is 1. The Hall–Kier alpha value is -1.63. The standard InChI is InChI=1S/C15H16N4O2.Na/c1-9-3-5-11(6-4-9)12-8-13(20)16-17-15(12)19-14(21)7-10(2)18-19;/h3-7,12H,8H2,1-2H3,(H2,16,18,20,21);/q;+1/p-1. The minimum atomic E-state index is -0.272. The van der Waals surface area contributed by atoms with Crippen LogP contribution >= 0.6 is 0 Å². The zero-order valence-electron chi connectivity index (χ0n) is 12.8. The molecule has 0 saturated heterocycles. The summed E-state index contributed by atoms with van der Waals surface area (Å²) < 4.78 is 1.26. The Morgan fingerprint density at radius 3 is 2.50 bits per heavy atom. The number of hydrogen-bond acceptors (Lipinski definition) is 3. The maximum atomic E-state index is 12.0. The summed E-state index contributed by atoms with van der Waals surface area (Å²) in [7, 11) is 0. The summed E-state index contributed by atoms with van der Waals surface area (Å²) in [6.07, 6.45) is 0.250. The molecule has 7 heteroatoms. The summed E-state index contributed by atoms with van der Waals surface area (Å²) >= 11 is 0. The van der Waals surface area contributed by atoms with Gasteiger partial charge in [0.25, 0.3) is 0 Å². The number of carbonyl (C=O) groups is 1. The average Bonchev–Trinajstić information content (AvgIpc) is 2.78. The van der Waals surface area contributed by atoms with Crippen molar-refractivity contribution in [2.24, 2.45) is 5.10 Å². The number of hydrazone groups is 1. The van der Waals surface area contributed by atoms with E-state index in [-0.39, 0.29) is 53.4 Å². The van der Waals surface area contributed by atoms with Gasteiger partial charge in [0.15, 0.2) is 0 Å². The number of aryl methyl sites for hydroxylation is 2. The van der Waals surface area contributed by atoms with Crippen molar-refractivity contribution in [3.63, 3.8) is 0 Å². The largest absolute Gasteiger partial charge is 1.00 e. The molecule has 2 heterocycles. The van der Waals surface area contributed by atoms with Crippen LogP contribution in [0.15, 0.2) is 40.2 Å². The molecule has 0 radical (unpaired) electrons. The molecule has 3 rings (SSSR count). The molecule has 1 N–H and O–H groups in total. The van der Waals surface area contributed by atoms with E-state index in [2.05, 4.69) is 15.6 Å². The monoisotopic (exact) mass is 306 g/mol. The molecule has 1 aromatic heterocycles. The van der Waals surface area contributed by atoms with Gasteiger partial charge in [-0.25, -0.2) is 5.43 Å². The van der Waals surface area contributed by atoms with Crippen molar-refractivity contribution in [3.8, 4) is 0 Å². The number of amides is 1. The van der Waals surface area contributed by atoms with E-state index in [1.807, 2.05) is 31.2 Å². The minimum absolute atomic E-state index is 0. The number of aromatic nitrogens is 2. The maximum Gasteiger partial charge on any atom is 1.00 e. The zero-order chi connectivity index (χ0) is 15.0. The van der Waals surface area contributed by atoms with Crippen molar-refractivity contribution < 1.29 is 34.4 Å². The summed E-state index contributed by atoms with van der Waals surface area (Å²) in [5, 5.41) is 8.23. The Bertz CT molecular complexity index is 774. The van der Waals surface area contributed by atoms with E-state index < -0.39 is 0 Å². The first-order valence-electron chi connectivity index (χ1n) is 6.71. The number of nitrogens with zero attached hydrogens (tertiary/aromatic N) is 3. The first kappa shape index (κ1) is 16.7. The van der Waals surface area contributed by atoms with Crippen molar-refractivity contribution in [3.05, 3.63) is 57.5 Å². The Morgan fingerprint density at radius 2 is 1.91 bits per heavy atom. The van der Waals surface area contributed by atoms with Gasteiger partial charge in [-0.15, -0.1) is 5.69 Å². The molecule has 0 saturated carbocycles. The fourth-order valence-electron chi connectivity index (χ4n) is 2.42. The van der Waals surface area contributed by atoms with Gasteiger partial charge in [0.1, 0.15) is 5.84 Å². The summed E-state index contributed by atoms with van der Waals surface area (Å²) in [4.78, 5) is 23.6. The topological polar surface area (TPSA) is 77.6 Å². The summed E-state index contributed by atoms with van der Waals surface area (Å²) in [6.45, 7) is 3.75. The van der Waals surface area contributed by atoms with E-state index in [1.165, 1.54) is 10.7 Å². The second-order valence-electron chi connectivity index (χ2n) is 5.21. The van der Waals surface area contributed by atoms with Gasteiger partial charge in [-0.05, 0) is 18.6 Å². The molecule has 1 unspecified atom stereocenters. The van der Waals surface area contributed by atoms with Crippen LogP contribution in [-0.2, 0) is 4.79 Å². The van der Waals surface area contributed by atoms with Crippen LogP contribution < -0.4 is 45.6 Å². The molecule has 0 fully saturated rings. The second kappa shape index (κ2) is 6.64. The van der Waals surface area contributed by atoms with Gasteiger partial charge in [0, 0.05) is 6.42 Å². The fourth-order valence-corrected chi connectivity index (χ4v) is 2.42. The van der Waals surface area contributed by atoms with Crippen molar-refractivity contribution in [1.29, 1.82) is 0 Å². The molecule has 6 nitrogen and oxygen atoms in total. The summed E-state index contributed by atoms with van der Waals surface area (Å²) in [5.41, 5.74) is 4.90. The quantitative estimate of drug-likeness (QED) is 0.613. The van der Waals surface area contributed by atoms with Crippen molar-refractivity contribution in [2.75, 3.05) is 0 Å². The van der Waals surface area contributed by atoms with Gasteiger partial charge < -0.3 is 9.78 Å². The Labute approximate surface area is 149 Å². The van der Waals surface area contributed by atoms with Crippen LogP contribution in [0, 0.1) is 13.8 Å². The molecule has 1 aliphatic heterocycles. The van der Waals surface area contributed by atoms with Crippen LogP contribution in [0.5, 0.6) is 0 Å². The van der Waals surface area contributed by atoms with Gasteiger partial charge in [-0.2, -0.15) is 5.10 Å². The second-order valence-corrected chi connectivity index (χ2v) is 5.21. The average molecular weight is 306 g/mol. The first-order valence-corrected chi connectivity index (χ1v) is 6.71. The molecule has 0 bridgehead atoms. The number of hydrogen-bond donors (Lipinski definition) is 1. The molecule has 0 aliphatic carbocycles. The van der Waals surface area contributed by atoms with Crippen LogP contribution in [0.3, 0.4) is 0 Å². The van der Waals surface area contributed by atoms with Gasteiger partial charge in [0.2, 0.25) is 11.5 Å². The van der Waals surface area contributed by atoms with Crippen LogP contribution in [0.25, 0.3) is 0 Å². The van der Waals surface area contributed by atoms with Gasteiger partial charge in [-0.3, -0.25) is 9.59 Å². The molecule has 1 amide bonds. The van der Waals surface area contributed by atoms with E-state index >= 15 is 0 Å². The molecule has 1 atom stereocenters. The fraction of sp³-hybridized carbons (Fsp3) is 0.267. The van der Waals surface area contributed by atoms with Gasteiger partial charge in [-0.1, -0.05) is 36.8 Å². The maximum absolute atomic E-state index is 12.0. The number of rotatable bonds is 1. The van der Waals surface area contributed by atoms with Crippen molar-refractivity contribution in [2.45, 2.75) is 26.2 Å². The SMILES string of the molecule is Cc1ccc(C2CC(=O)NN=C2n2[n-]c(C)cc2=O)cc1.[Na+]. The molecule has 108 valence electrons.